The Hall–Kier alpha value is -3.81. The molecule has 3 heterocycles. The normalized spacial score (nSPS) is 14.6. The van der Waals surface area contributed by atoms with Crippen LogP contribution in [-0.4, -0.2) is 36.1 Å². The quantitative estimate of drug-likeness (QED) is 0.681. The molecule has 1 fully saturated rings. The molecule has 30 heavy (non-hydrogen) atoms. The summed E-state index contributed by atoms with van der Waals surface area (Å²) in [5, 5.41) is 14.3. The topological polar surface area (TPSA) is 88.6 Å². The zero-order valence-electron chi connectivity index (χ0n) is 16.3. The summed E-state index contributed by atoms with van der Waals surface area (Å²) in [4.78, 5) is 14.5. The Balaban J connectivity index is 1.21. The molecule has 5 rings (SSSR count). The Morgan fingerprint density at radius 3 is 2.33 bits per heavy atom. The molecule has 2 amide bonds. The van der Waals surface area contributed by atoms with E-state index in [2.05, 4.69) is 25.7 Å². The van der Waals surface area contributed by atoms with Gasteiger partial charge in [0.15, 0.2) is 17.3 Å². The number of rotatable bonds is 4. The van der Waals surface area contributed by atoms with Gasteiger partial charge >= 0.3 is 6.03 Å². The van der Waals surface area contributed by atoms with Gasteiger partial charge in [0.1, 0.15) is 0 Å². The fraction of sp³-hybridized carbons (Fsp3) is 0.227. The Morgan fingerprint density at radius 2 is 1.57 bits per heavy atom. The average Bonchev–Trinajstić information content (AvgIpc) is 3.46. The Bertz CT molecular complexity index is 1050. The van der Waals surface area contributed by atoms with Crippen LogP contribution < -0.4 is 25.0 Å². The Kier molecular flexibility index (Phi) is 4.80. The maximum absolute atomic E-state index is 12.3. The van der Waals surface area contributed by atoms with E-state index in [9.17, 15) is 4.79 Å². The number of anilines is 3. The molecule has 0 unspecified atom stereocenters. The second-order valence-corrected chi connectivity index (χ2v) is 7.20. The van der Waals surface area contributed by atoms with Crippen LogP contribution in [0.3, 0.4) is 0 Å². The van der Waals surface area contributed by atoms with E-state index in [1.54, 1.807) is 18.2 Å². The Labute approximate surface area is 173 Å². The second-order valence-electron chi connectivity index (χ2n) is 7.20. The molecule has 1 aromatic heterocycles. The molecule has 3 aromatic rings. The van der Waals surface area contributed by atoms with Crippen LogP contribution in [-0.2, 0) is 0 Å². The number of nitrogens with one attached hydrogen (secondary N) is 2. The maximum atomic E-state index is 12.3. The summed E-state index contributed by atoms with van der Waals surface area (Å²) >= 11 is 0. The van der Waals surface area contributed by atoms with Crippen molar-refractivity contribution in [1.29, 1.82) is 0 Å². The summed E-state index contributed by atoms with van der Waals surface area (Å²) in [5.41, 5.74) is 3.05. The van der Waals surface area contributed by atoms with Crippen LogP contribution in [0, 0.1) is 0 Å². The summed E-state index contributed by atoms with van der Waals surface area (Å²) in [5.74, 6) is 2.22. The zero-order chi connectivity index (χ0) is 20.3. The molecule has 2 aliphatic heterocycles. The van der Waals surface area contributed by atoms with Crippen LogP contribution in [0.25, 0.3) is 11.3 Å². The highest BCUT2D eigenvalue weighted by Gasteiger charge is 2.15. The molecular formula is C22H21N5O3. The molecule has 8 heteroatoms. The number of carbonyl (C=O) groups is 1. The van der Waals surface area contributed by atoms with Gasteiger partial charge in [0, 0.05) is 36.1 Å². The van der Waals surface area contributed by atoms with E-state index in [0.717, 1.165) is 30.2 Å². The highest BCUT2D eigenvalue weighted by Crippen LogP contribution is 2.34. The molecule has 0 saturated carbocycles. The van der Waals surface area contributed by atoms with Gasteiger partial charge in [-0.3, -0.25) is 0 Å². The van der Waals surface area contributed by atoms with Crippen LogP contribution in [0.15, 0.2) is 54.6 Å². The predicted octanol–water partition coefficient (Wildman–Crippen LogP) is 4.12. The van der Waals surface area contributed by atoms with Crippen molar-refractivity contribution in [1.82, 2.24) is 10.2 Å². The van der Waals surface area contributed by atoms with E-state index < -0.39 is 0 Å². The van der Waals surface area contributed by atoms with E-state index in [-0.39, 0.29) is 12.8 Å². The first-order valence-corrected chi connectivity index (χ1v) is 9.91. The molecule has 0 aliphatic carbocycles. The van der Waals surface area contributed by atoms with Crippen molar-refractivity contribution in [3.63, 3.8) is 0 Å². The first-order chi connectivity index (χ1) is 14.7. The van der Waals surface area contributed by atoms with Gasteiger partial charge in [-0.15, -0.1) is 10.2 Å². The van der Waals surface area contributed by atoms with Gasteiger partial charge in [-0.25, -0.2) is 4.79 Å². The molecule has 152 valence electrons. The highest BCUT2D eigenvalue weighted by molar-refractivity contribution is 6.00. The first-order valence-electron chi connectivity index (χ1n) is 9.91. The number of aromatic nitrogens is 2. The molecule has 8 nitrogen and oxygen atoms in total. The van der Waals surface area contributed by atoms with Gasteiger partial charge in [0.05, 0.1) is 5.69 Å². The van der Waals surface area contributed by atoms with Crippen molar-refractivity contribution >= 4 is 23.2 Å². The minimum absolute atomic E-state index is 0.197. The summed E-state index contributed by atoms with van der Waals surface area (Å²) < 4.78 is 10.6. The summed E-state index contributed by atoms with van der Waals surface area (Å²) in [6.07, 6.45) is 2.42. The minimum atomic E-state index is -0.337. The summed E-state index contributed by atoms with van der Waals surface area (Å²) in [7, 11) is 0. The van der Waals surface area contributed by atoms with Crippen molar-refractivity contribution in [3.05, 3.63) is 54.6 Å². The minimum Gasteiger partial charge on any atom is -0.454 e. The number of urea groups is 1. The number of amides is 2. The average molecular weight is 403 g/mol. The summed E-state index contributed by atoms with van der Waals surface area (Å²) in [6, 6.07) is 16.4. The second kappa shape index (κ2) is 7.90. The Morgan fingerprint density at radius 1 is 0.833 bits per heavy atom. The van der Waals surface area contributed by atoms with Gasteiger partial charge in [0.25, 0.3) is 0 Å². The van der Waals surface area contributed by atoms with Crippen LogP contribution in [0.4, 0.5) is 22.0 Å². The van der Waals surface area contributed by atoms with Gasteiger partial charge < -0.3 is 25.0 Å². The lowest BCUT2D eigenvalue weighted by Crippen LogP contribution is -2.19. The van der Waals surface area contributed by atoms with Crippen molar-refractivity contribution in [3.8, 4) is 22.8 Å². The van der Waals surface area contributed by atoms with E-state index in [0.29, 0.717) is 22.9 Å². The number of hydrogen-bond donors (Lipinski definition) is 2. The van der Waals surface area contributed by atoms with Crippen LogP contribution in [0.5, 0.6) is 11.5 Å². The van der Waals surface area contributed by atoms with Gasteiger partial charge in [-0.05, 0) is 49.2 Å². The fourth-order valence-corrected chi connectivity index (χ4v) is 3.59. The number of nitrogens with zero attached hydrogens (tertiary/aromatic N) is 3. The van der Waals surface area contributed by atoms with Gasteiger partial charge in [-0.1, -0.05) is 12.1 Å². The van der Waals surface area contributed by atoms with Gasteiger partial charge in [-0.2, -0.15) is 0 Å². The lowest BCUT2D eigenvalue weighted by molar-refractivity contribution is 0.174. The van der Waals surface area contributed by atoms with Crippen LogP contribution in [0.1, 0.15) is 12.8 Å². The van der Waals surface area contributed by atoms with E-state index in [4.69, 9.17) is 9.47 Å². The zero-order valence-corrected chi connectivity index (χ0v) is 16.3. The highest BCUT2D eigenvalue weighted by atomic mass is 16.7. The van der Waals surface area contributed by atoms with Crippen LogP contribution in [0.2, 0.25) is 0 Å². The smallest absolute Gasteiger partial charge is 0.323 e. The van der Waals surface area contributed by atoms with Crippen molar-refractivity contribution < 1.29 is 14.3 Å². The van der Waals surface area contributed by atoms with Crippen molar-refractivity contribution in [2.45, 2.75) is 12.8 Å². The van der Waals surface area contributed by atoms with E-state index in [1.807, 2.05) is 36.4 Å². The van der Waals surface area contributed by atoms with E-state index in [1.165, 1.54) is 12.8 Å². The number of fused-ring (bicyclic) bond motifs is 1. The molecule has 1 saturated heterocycles. The van der Waals surface area contributed by atoms with Crippen LogP contribution >= 0.6 is 0 Å². The molecule has 2 aromatic carbocycles. The first kappa shape index (κ1) is 18.2. The summed E-state index contributed by atoms with van der Waals surface area (Å²) in [6.45, 7) is 2.29. The molecule has 0 bridgehead atoms. The monoisotopic (exact) mass is 403 g/mol. The molecule has 0 atom stereocenters. The SMILES string of the molecule is O=C(Nc1ccc(-c2ccc(N3CCCC3)nn2)cc1)Nc1ccc2c(c1)OCO2. The fourth-order valence-electron chi connectivity index (χ4n) is 3.59. The number of carbonyl (C=O) groups excluding carboxylic acids is 1. The van der Waals surface area contributed by atoms with Crippen molar-refractivity contribution in [2.24, 2.45) is 0 Å². The molecule has 0 spiro atoms. The number of benzene rings is 2. The number of ether oxygens (including phenoxy) is 2. The predicted molar refractivity (Wildman–Crippen MR) is 114 cm³/mol. The van der Waals surface area contributed by atoms with E-state index >= 15 is 0 Å². The molecule has 0 radical (unpaired) electrons. The third-order valence-corrected chi connectivity index (χ3v) is 5.15. The molecule has 2 aliphatic rings. The van der Waals surface area contributed by atoms with Crippen molar-refractivity contribution in [2.75, 3.05) is 35.4 Å². The molecule has 2 N–H and O–H groups in total. The third kappa shape index (κ3) is 3.84. The third-order valence-electron chi connectivity index (χ3n) is 5.15. The number of hydrogen-bond acceptors (Lipinski definition) is 6. The molecular weight excluding hydrogens is 382 g/mol. The largest absolute Gasteiger partial charge is 0.454 e. The van der Waals surface area contributed by atoms with Gasteiger partial charge in [0.2, 0.25) is 6.79 Å². The lowest BCUT2D eigenvalue weighted by Gasteiger charge is -2.15. The standard InChI is InChI=1S/C22H21N5O3/c28-22(24-17-7-9-19-20(13-17)30-14-29-19)23-16-5-3-15(4-6-16)18-8-10-21(26-25-18)27-11-1-2-12-27/h3-10,13H,1-2,11-12,14H2,(H2,23,24,28). The lowest BCUT2D eigenvalue weighted by atomic mass is 10.1. The maximum Gasteiger partial charge on any atom is 0.323 e.